The van der Waals surface area contributed by atoms with Crippen molar-refractivity contribution in [3.8, 4) is 5.75 Å². The molecule has 2 aromatic carbocycles. The minimum Gasteiger partial charge on any atom is -0.496 e. The number of benzene rings is 2. The predicted molar refractivity (Wildman–Crippen MR) is 87.9 cm³/mol. The lowest BCUT2D eigenvalue weighted by Crippen LogP contribution is -2.19. The number of aliphatic hydroxyl groups is 1. The van der Waals surface area contributed by atoms with Crippen LogP contribution in [-0.2, 0) is 12.8 Å². The quantitative estimate of drug-likeness (QED) is 0.903. The van der Waals surface area contributed by atoms with Gasteiger partial charge in [-0.25, -0.2) is 0 Å². The summed E-state index contributed by atoms with van der Waals surface area (Å²) in [5.74, 6) is 1.06. The largest absolute Gasteiger partial charge is 0.496 e. The van der Waals surface area contributed by atoms with Crippen molar-refractivity contribution < 1.29 is 9.84 Å². The monoisotopic (exact) mass is 346 g/mol. The lowest BCUT2D eigenvalue weighted by molar-refractivity contribution is 0.142. The normalized spacial score (nSPS) is 18.3. The predicted octanol–water partition coefficient (Wildman–Crippen LogP) is 4.09. The number of aryl methyl sites for hydroxylation is 1. The average Bonchev–Trinajstić information content (AvgIpc) is 2.91. The Bertz CT molecular complexity index is 639. The molecule has 0 amide bonds. The standard InChI is InChI=1S/C18H19BrO2/c1-21-18-9-7-14(19)10-13(18)11-17(20)16-8-6-12-4-2-3-5-15(12)16/h2-5,7,9-10,16-17,20H,6,8,11H2,1H3. The van der Waals surface area contributed by atoms with Crippen LogP contribution in [0, 0.1) is 0 Å². The molecule has 21 heavy (non-hydrogen) atoms. The van der Waals surface area contributed by atoms with Gasteiger partial charge in [0, 0.05) is 16.8 Å². The van der Waals surface area contributed by atoms with Gasteiger partial charge in [-0.1, -0.05) is 40.2 Å². The van der Waals surface area contributed by atoms with Crippen LogP contribution in [0.2, 0.25) is 0 Å². The number of hydrogen-bond donors (Lipinski definition) is 1. The van der Waals surface area contributed by atoms with Crippen molar-refractivity contribution in [1.29, 1.82) is 0 Å². The van der Waals surface area contributed by atoms with E-state index in [0.717, 1.165) is 28.6 Å². The van der Waals surface area contributed by atoms with E-state index >= 15 is 0 Å². The summed E-state index contributed by atoms with van der Waals surface area (Å²) in [6.45, 7) is 0. The van der Waals surface area contributed by atoms with Gasteiger partial charge in [-0.05, 0) is 47.7 Å². The zero-order valence-electron chi connectivity index (χ0n) is 12.1. The Kier molecular flexibility index (Phi) is 4.32. The topological polar surface area (TPSA) is 29.5 Å². The second-order valence-corrected chi connectivity index (χ2v) is 6.49. The molecule has 2 nitrogen and oxygen atoms in total. The minimum atomic E-state index is -0.378. The van der Waals surface area contributed by atoms with Crippen molar-refractivity contribution in [2.45, 2.75) is 31.3 Å². The SMILES string of the molecule is COc1ccc(Br)cc1CC(O)C1CCc2ccccc21. The molecule has 2 aromatic rings. The molecule has 3 rings (SSSR count). The molecule has 0 aromatic heterocycles. The van der Waals surface area contributed by atoms with E-state index in [2.05, 4.69) is 40.2 Å². The fourth-order valence-electron chi connectivity index (χ4n) is 3.26. The summed E-state index contributed by atoms with van der Waals surface area (Å²) in [6, 6.07) is 14.4. The Balaban J connectivity index is 1.82. The lowest BCUT2D eigenvalue weighted by Gasteiger charge is -2.20. The Morgan fingerprint density at radius 3 is 2.90 bits per heavy atom. The van der Waals surface area contributed by atoms with E-state index in [4.69, 9.17) is 4.74 Å². The maximum Gasteiger partial charge on any atom is 0.122 e. The summed E-state index contributed by atoms with van der Waals surface area (Å²) in [5, 5.41) is 10.7. The van der Waals surface area contributed by atoms with E-state index in [0.29, 0.717) is 6.42 Å². The molecule has 1 N–H and O–H groups in total. The first-order valence-corrected chi connectivity index (χ1v) is 8.06. The van der Waals surface area contributed by atoms with Gasteiger partial charge in [-0.2, -0.15) is 0 Å². The number of methoxy groups -OCH3 is 1. The van der Waals surface area contributed by atoms with Crippen LogP contribution in [0.1, 0.15) is 29.0 Å². The molecular formula is C18H19BrO2. The van der Waals surface area contributed by atoms with Crippen LogP contribution in [0.3, 0.4) is 0 Å². The van der Waals surface area contributed by atoms with E-state index in [-0.39, 0.29) is 12.0 Å². The molecule has 2 unspecified atom stereocenters. The van der Waals surface area contributed by atoms with E-state index in [9.17, 15) is 5.11 Å². The Morgan fingerprint density at radius 1 is 1.29 bits per heavy atom. The summed E-state index contributed by atoms with van der Waals surface area (Å²) in [6.07, 6.45) is 2.32. The highest BCUT2D eigenvalue weighted by Crippen LogP contribution is 2.37. The van der Waals surface area contributed by atoms with Crippen LogP contribution in [-0.4, -0.2) is 18.3 Å². The second-order valence-electron chi connectivity index (χ2n) is 5.57. The number of aliphatic hydroxyl groups excluding tert-OH is 1. The maximum atomic E-state index is 10.7. The summed E-state index contributed by atoms with van der Waals surface area (Å²) < 4.78 is 6.41. The first-order chi connectivity index (χ1) is 10.2. The van der Waals surface area contributed by atoms with Crippen molar-refractivity contribution in [2.24, 2.45) is 0 Å². The molecule has 0 saturated heterocycles. The Labute approximate surface area is 133 Å². The van der Waals surface area contributed by atoms with Crippen molar-refractivity contribution >= 4 is 15.9 Å². The van der Waals surface area contributed by atoms with Gasteiger partial charge in [0.25, 0.3) is 0 Å². The first kappa shape index (κ1) is 14.6. The van der Waals surface area contributed by atoms with Crippen molar-refractivity contribution in [2.75, 3.05) is 7.11 Å². The van der Waals surface area contributed by atoms with Crippen molar-refractivity contribution in [1.82, 2.24) is 0 Å². The fourth-order valence-corrected chi connectivity index (χ4v) is 3.67. The van der Waals surface area contributed by atoms with Crippen molar-refractivity contribution in [3.05, 3.63) is 63.6 Å². The second kappa shape index (κ2) is 6.20. The van der Waals surface area contributed by atoms with E-state index in [1.807, 2.05) is 18.2 Å². The van der Waals surface area contributed by atoms with E-state index in [1.165, 1.54) is 11.1 Å². The van der Waals surface area contributed by atoms with Gasteiger partial charge in [-0.15, -0.1) is 0 Å². The van der Waals surface area contributed by atoms with Crippen LogP contribution < -0.4 is 4.74 Å². The molecule has 110 valence electrons. The molecule has 0 heterocycles. The van der Waals surface area contributed by atoms with Gasteiger partial charge in [0.2, 0.25) is 0 Å². The third kappa shape index (κ3) is 2.99. The van der Waals surface area contributed by atoms with Gasteiger partial charge in [0.05, 0.1) is 13.2 Å². The highest BCUT2D eigenvalue weighted by molar-refractivity contribution is 9.10. The number of hydrogen-bond acceptors (Lipinski definition) is 2. The molecule has 0 saturated carbocycles. The van der Waals surface area contributed by atoms with Gasteiger partial charge < -0.3 is 9.84 Å². The molecule has 2 atom stereocenters. The average molecular weight is 347 g/mol. The molecular weight excluding hydrogens is 328 g/mol. The Morgan fingerprint density at radius 2 is 2.10 bits per heavy atom. The van der Waals surface area contributed by atoms with Crippen LogP contribution in [0.25, 0.3) is 0 Å². The molecule has 0 spiro atoms. The highest BCUT2D eigenvalue weighted by Gasteiger charge is 2.28. The number of ether oxygens (including phenoxy) is 1. The third-order valence-electron chi connectivity index (χ3n) is 4.32. The summed E-state index contributed by atoms with van der Waals surface area (Å²) in [5.41, 5.74) is 3.73. The van der Waals surface area contributed by atoms with Crippen LogP contribution >= 0.6 is 15.9 Å². The van der Waals surface area contributed by atoms with E-state index < -0.39 is 0 Å². The first-order valence-electron chi connectivity index (χ1n) is 7.27. The van der Waals surface area contributed by atoms with Gasteiger partial charge in [0.15, 0.2) is 0 Å². The van der Waals surface area contributed by atoms with E-state index in [1.54, 1.807) is 7.11 Å². The molecule has 1 aliphatic rings. The third-order valence-corrected chi connectivity index (χ3v) is 4.81. The lowest BCUT2D eigenvalue weighted by atomic mass is 9.91. The van der Waals surface area contributed by atoms with Crippen LogP contribution in [0.5, 0.6) is 5.75 Å². The number of fused-ring (bicyclic) bond motifs is 1. The molecule has 1 aliphatic carbocycles. The van der Waals surface area contributed by atoms with Gasteiger partial charge >= 0.3 is 0 Å². The number of rotatable bonds is 4. The molecule has 3 heteroatoms. The molecule has 0 radical (unpaired) electrons. The fraction of sp³-hybridized carbons (Fsp3) is 0.333. The highest BCUT2D eigenvalue weighted by atomic mass is 79.9. The summed E-state index contributed by atoms with van der Waals surface area (Å²) in [7, 11) is 1.67. The molecule has 0 bridgehead atoms. The van der Waals surface area contributed by atoms with Gasteiger partial charge in [-0.3, -0.25) is 0 Å². The zero-order chi connectivity index (χ0) is 14.8. The maximum absolute atomic E-state index is 10.7. The molecule has 0 aliphatic heterocycles. The molecule has 0 fully saturated rings. The van der Waals surface area contributed by atoms with Gasteiger partial charge in [0.1, 0.15) is 5.75 Å². The smallest absolute Gasteiger partial charge is 0.122 e. The summed E-state index contributed by atoms with van der Waals surface area (Å²) >= 11 is 3.49. The Hall–Kier alpha value is -1.32. The van der Waals surface area contributed by atoms with Crippen LogP contribution in [0.15, 0.2) is 46.9 Å². The number of halogens is 1. The summed E-state index contributed by atoms with van der Waals surface area (Å²) in [4.78, 5) is 0. The van der Waals surface area contributed by atoms with Crippen LogP contribution in [0.4, 0.5) is 0 Å². The van der Waals surface area contributed by atoms with Crippen molar-refractivity contribution in [3.63, 3.8) is 0 Å². The zero-order valence-corrected chi connectivity index (χ0v) is 13.6. The minimum absolute atomic E-state index is 0.227.